The summed E-state index contributed by atoms with van der Waals surface area (Å²) in [6.45, 7) is 12.4. The van der Waals surface area contributed by atoms with Gasteiger partial charge in [0.25, 0.3) is 0 Å². The molecular weight excluding hydrogens is 703 g/mol. The average Bonchev–Trinajstić information content (AvgIpc) is 3.55. The van der Waals surface area contributed by atoms with E-state index in [0.717, 1.165) is 50.1 Å². The minimum atomic E-state index is 0. The monoisotopic (exact) mass is 732 g/mol. The Morgan fingerprint density at radius 3 is 2.56 bits per heavy atom. The number of nitrogens with zero attached hydrogens (tertiary/aromatic N) is 3. The van der Waals surface area contributed by atoms with Crippen molar-refractivity contribution in [2.45, 2.75) is 27.7 Å². The van der Waals surface area contributed by atoms with Crippen LogP contribution in [0.4, 0.5) is 0 Å². The van der Waals surface area contributed by atoms with E-state index in [4.69, 9.17) is 4.42 Å². The number of aryl methyl sites for hydroxylation is 4. The fraction of sp³-hybridized carbons (Fsp3) is 0.114. The average molecular weight is 732 g/mol. The Labute approximate surface area is 258 Å². The standard InChI is InChI=1S/C19H11N2OS.C16H18N.Ir/c1-11-5-6-14-13-3-2-4-15(18(13)22-19(14)21-11)16-9-12-7-8-23-17(12)10-20-16;1-11-6-7-15(13(3)8-11)16-9-12(2)14(4)10-17(16)5;/h2-3,5-10H,1H3;6-10H,3,5H2,1-2,4H3;/q2*-1;+3. The minimum absolute atomic E-state index is 0. The molecule has 0 aliphatic heterocycles. The smallest absolute Gasteiger partial charge is 0.486 e. The third-order valence-corrected chi connectivity index (χ3v) is 8.07. The number of aromatic nitrogens is 3. The van der Waals surface area contributed by atoms with Crippen molar-refractivity contribution in [3.05, 3.63) is 126 Å². The van der Waals surface area contributed by atoms with Gasteiger partial charge in [0.1, 0.15) is 0 Å². The van der Waals surface area contributed by atoms with Crippen LogP contribution >= 0.6 is 11.3 Å². The van der Waals surface area contributed by atoms with Gasteiger partial charge in [-0.1, -0.05) is 41.6 Å². The fourth-order valence-corrected chi connectivity index (χ4v) is 5.66. The third-order valence-electron chi connectivity index (χ3n) is 7.20. The molecule has 0 aliphatic rings. The van der Waals surface area contributed by atoms with Gasteiger partial charge in [0.05, 0.1) is 22.2 Å². The summed E-state index contributed by atoms with van der Waals surface area (Å²) in [7, 11) is 4.05. The van der Waals surface area contributed by atoms with E-state index in [0.29, 0.717) is 5.71 Å². The number of rotatable bonds is 2. The molecule has 0 saturated heterocycles. The van der Waals surface area contributed by atoms with Crippen molar-refractivity contribution in [2.24, 2.45) is 0 Å². The van der Waals surface area contributed by atoms with Gasteiger partial charge in [-0.15, -0.1) is 46.7 Å². The summed E-state index contributed by atoms with van der Waals surface area (Å²) in [5, 5.41) is 5.34. The zero-order valence-electron chi connectivity index (χ0n) is 23.4. The minimum Gasteiger partial charge on any atom is -0.486 e. The first-order valence-electron chi connectivity index (χ1n) is 13.1. The summed E-state index contributed by atoms with van der Waals surface area (Å²) >= 11 is 1.69. The molecule has 0 fully saturated rings. The van der Waals surface area contributed by atoms with Crippen molar-refractivity contribution >= 4 is 43.5 Å². The van der Waals surface area contributed by atoms with E-state index in [1.54, 1.807) is 11.3 Å². The van der Waals surface area contributed by atoms with Gasteiger partial charge in [0.15, 0.2) is 0 Å². The summed E-state index contributed by atoms with van der Waals surface area (Å²) in [4.78, 5) is 9.08. The van der Waals surface area contributed by atoms with Crippen LogP contribution in [0.1, 0.15) is 27.9 Å². The first-order valence-corrected chi connectivity index (χ1v) is 14.0. The summed E-state index contributed by atoms with van der Waals surface area (Å²) < 4.78 is 9.13. The van der Waals surface area contributed by atoms with E-state index in [9.17, 15) is 0 Å². The summed E-state index contributed by atoms with van der Waals surface area (Å²) in [6, 6.07) is 24.0. The summed E-state index contributed by atoms with van der Waals surface area (Å²) in [6.07, 6.45) is 3.97. The number of furan rings is 1. The second-order valence-corrected chi connectivity index (χ2v) is 11.1. The summed E-state index contributed by atoms with van der Waals surface area (Å²) in [5.74, 6) is 0. The number of hydrogen-bond donors (Lipinski definition) is 0. The van der Waals surface area contributed by atoms with E-state index in [2.05, 4.69) is 105 Å². The molecule has 0 saturated carbocycles. The van der Waals surface area contributed by atoms with Gasteiger partial charge in [0.2, 0.25) is 5.71 Å². The Bertz CT molecular complexity index is 2040. The van der Waals surface area contributed by atoms with Crippen LogP contribution < -0.4 is 4.57 Å². The molecule has 5 aromatic heterocycles. The second-order valence-electron chi connectivity index (χ2n) is 10.2. The van der Waals surface area contributed by atoms with Crippen LogP contribution in [0.15, 0.2) is 82.9 Å². The summed E-state index contributed by atoms with van der Waals surface area (Å²) in [5.41, 5.74) is 11.2. The SMILES string of the molecule is Cc1ccc2c(n1)oc1c(-c3cc4ccsc4cn3)[c-]ccc12.[CH2-]c1cc(C)ccc1-c1cc(C)c(C)c[n+]1[CH2-].[Ir+3]. The van der Waals surface area contributed by atoms with Crippen LogP contribution in [0.2, 0.25) is 0 Å². The Morgan fingerprint density at radius 2 is 1.76 bits per heavy atom. The maximum absolute atomic E-state index is 6.03. The molecule has 7 aromatic rings. The normalized spacial score (nSPS) is 10.9. The van der Waals surface area contributed by atoms with Gasteiger partial charge < -0.3 is 14.0 Å². The molecule has 41 heavy (non-hydrogen) atoms. The predicted molar refractivity (Wildman–Crippen MR) is 165 cm³/mol. The van der Waals surface area contributed by atoms with Crippen LogP contribution in [0, 0.1) is 47.7 Å². The number of pyridine rings is 3. The van der Waals surface area contributed by atoms with Crippen LogP contribution in [-0.2, 0) is 20.1 Å². The van der Waals surface area contributed by atoms with E-state index in [-0.39, 0.29) is 20.1 Å². The van der Waals surface area contributed by atoms with Crippen LogP contribution in [-0.4, -0.2) is 9.97 Å². The number of thiophene rings is 1. The number of fused-ring (bicyclic) bond motifs is 4. The van der Waals surface area contributed by atoms with Gasteiger partial charge in [-0.3, -0.25) is 0 Å². The molecule has 4 nitrogen and oxygen atoms in total. The quantitative estimate of drug-likeness (QED) is 0.132. The van der Waals surface area contributed by atoms with Gasteiger partial charge in [-0.05, 0) is 61.0 Å². The number of hydrogen-bond acceptors (Lipinski definition) is 4. The Hall–Kier alpha value is -3.96. The van der Waals surface area contributed by atoms with E-state index >= 15 is 0 Å². The van der Waals surface area contributed by atoms with Gasteiger partial charge in [0, 0.05) is 24.3 Å². The van der Waals surface area contributed by atoms with Crippen molar-refractivity contribution in [1.29, 1.82) is 0 Å². The van der Waals surface area contributed by atoms with Crippen LogP contribution in [0.3, 0.4) is 0 Å². The number of benzene rings is 2. The first kappa shape index (κ1) is 28.6. The Kier molecular flexibility index (Phi) is 8.01. The van der Waals surface area contributed by atoms with Gasteiger partial charge >= 0.3 is 20.1 Å². The molecule has 6 heteroatoms. The molecule has 0 unspecified atom stereocenters. The van der Waals surface area contributed by atoms with Gasteiger partial charge in [-0.2, -0.15) is 18.6 Å². The topological polar surface area (TPSA) is 42.8 Å². The molecule has 0 radical (unpaired) electrons. The maximum Gasteiger partial charge on any atom is 3.00 e. The molecule has 0 atom stereocenters. The molecule has 204 valence electrons. The van der Waals surface area contributed by atoms with Crippen LogP contribution in [0.5, 0.6) is 0 Å². The van der Waals surface area contributed by atoms with Crippen LogP contribution in [0.25, 0.3) is 54.7 Å². The van der Waals surface area contributed by atoms with Crippen molar-refractivity contribution in [3.63, 3.8) is 0 Å². The van der Waals surface area contributed by atoms with Crippen molar-refractivity contribution in [1.82, 2.24) is 9.97 Å². The maximum atomic E-state index is 6.03. The molecule has 7 rings (SSSR count). The van der Waals surface area contributed by atoms with E-state index in [1.807, 2.05) is 35.9 Å². The molecule has 5 heterocycles. The zero-order valence-corrected chi connectivity index (χ0v) is 26.6. The Balaban J connectivity index is 0.000000169. The van der Waals surface area contributed by atoms with Gasteiger partial charge in [-0.25, -0.2) is 4.98 Å². The van der Waals surface area contributed by atoms with Crippen molar-refractivity contribution in [3.8, 4) is 22.5 Å². The third kappa shape index (κ3) is 5.51. The van der Waals surface area contributed by atoms with E-state index < -0.39 is 0 Å². The van der Waals surface area contributed by atoms with E-state index in [1.165, 1.54) is 26.8 Å². The largest absolute Gasteiger partial charge is 3.00 e. The Morgan fingerprint density at radius 1 is 0.927 bits per heavy atom. The molecule has 0 bridgehead atoms. The van der Waals surface area contributed by atoms with Crippen molar-refractivity contribution < 1.29 is 29.1 Å². The fourth-order valence-electron chi connectivity index (χ4n) is 4.92. The molecule has 0 amide bonds. The molecule has 0 aliphatic carbocycles. The zero-order chi connectivity index (χ0) is 28.0. The molecule has 0 N–H and O–H groups in total. The first-order chi connectivity index (χ1) is 19.3. The van der Waals surface area contributed by atoms with Crippen molar-refractivity contribution in [2.75, 3.05) is 0 Å². The second kappa shape index (κ2) is 11.5. The predicted octanol–water partition coefficient (Wildman–Crippen LogP) is 8.75. The molecular formula is C35H29IrN3OS+. The molecule has 2 aromatic carbocycles. The molecule has 0 spiro atoms.